The Morgan fingerprint density at radius 3 is 2.71 bits per heavy atom. The highest BCUT2D eigenvalue weighted by Gasteiger charge is 2.30. The molecule has 1 aliphatic rings. The predicted octanol–water partition coefficient (Wildman–Crippen LogP) is 2.43. The van der Waals surface area contributed by atoms with Crippen molar-refractivity contribution in [1.29, 1.82) is 0 Å². The van der Waals surface area contributed by atoms with E-state index < -0.39 is 0 Å². The molecule has 0 aliphatic carbocycles. The van der Waals surface area contributed by atoms with E-state index in [2.05, 4.69) is 20.8 Å². The maximum absolute atomic E-state index is 12.3. The van der Waals surface area contributed by atoms with Crippen LogP contribution in [0.2, 0.25) is 0 Å². The van der Waals surface area contributed by atoms with Crippen LogP contribution >= 0.6 is 0 Å². The number of rotatable bonds is 5. The lowest BCUT2D eigenvalue weighted by atomic mass is 9.92. The first-order chi connectivity index (χ1) is 8.10. The maximum Gasteiger partial charge on any atom is 0.225 e. The van der Waals surface area contributed by atoms with Crippen molar-refractivity contribution >= 4 is 5.91 Å². The minimum atomic E-state index is -0.337. The third-order valence-corrected chi connectivity index (χ3v) is 3.98. The van der Waals surface area contributed by atoms with E-state index >= 15 is 0 Å². The first kappa shape index (κ1) is 14.5. The van der Waals surface area contributed by atoms with Crippen LogP contribution in [-0.2, 0) is 4.79 Å². The van der Waals surface area contributed by atoms with Crippen LogP contribution in [0.4, 0.5) is 0 Å². The normalized spacial score (nSPS) is 26.9. The summed E-state index contributed by atoms with van der Waals surface area (Å²) >= 11 is 0. The summed E-state index contributed by atoms with van der Waals surface area (Å²) in [5, 5.41) is 9.83. The van der Waals surface area contributed by atoms with Crippen LogP contribution in [0.3, 0.4) is 0 Å². The van der Waals surface area contributed by atoms with Crippen LogP contribution < -0.4 is 0 Å². The molecule has 0 bridgehead atoms. The first-order valence-corrected chi connectivity index (χ1v) is 7.06. The Bertz CT molecular complexity index is 242. The summed E-state index contributed by atoms with van der Waals surface area (Å²) in [5.41, 5.74) is 0. The van der Waals surface area contributed by atoms with E-state index in [0.29, 0.717) is 12.5 Å². The highest BCUT2D eigenvalue weighted by atomic mass is 16.3. The van der Waals surface area contributed by atoms with Crippen molar-refractivity contribution in [3.8, 4) is 0 Å². The summed E-state index contributed by atoms with van der Waals surface area (Å²) < 4.78 is 0. The van der Waals surface area contributed by atoms with Crippen LogP contribution in [0.1, 0.15) is 52.9 Å². The molecule has 17 heavy (non-hydrogen) atoms. The molecule has 0 aromatic rings. The second-order valence-corrected chi connectivity index (χ2v) is 5.36. The standard InChI is InChI=1S/C14H27NO2/c1-4-6-7-12(5-2)14(17)15-9-8-11(3)13(16)10-15/h11-13,16H,4-10H2,1-3H3. The average Bonchev–Trinajstić information content (AvgIpc) is 2.33. The van der Waals surface area contributed by atoms with Gasteiger partial charge in [-0.1, -0.05) is 33.6 Å². The van der Waals surface area contributed by atoms with Crippen molar-refractivity contribution in [3.05, 3.63) is 0 Å². The molecule has 0 saturated carbocycles. The van der Waals surface area contributed by atoms with Gasteiger partial charge in [-0.3, -0.25) is 4.79 Å². The van der Waals surface area contributed by atoms with Gasteiger partial charge in [-0.15, -0.1) is 0 Å². The van der Waals surface area contributed by atoms with E-state index in [1.807, 2.05) is 4.90 Å². The Morgan fingerprint density at radius 2 is 2.18 bits per heavy atom. The summed E-state index contributed by atoms with van der Waals surface area (Å²) in [6.07, 6.45) is 4.77. The summed E-state index contributed by atoms with van der Waals surface area (Å²) in [6.45, 7) is 7.65. The van der Waals surface area contributed by atoms with Gasteiger partial charge < -0.3 is 10.0 Å². The zero-order valence-corrected chi connectivity index (χ0v) is 11.5. The Kier molecular flexibility index (Phi) is 5.96. The fraction of sp³-hybridized carbons (Fsp3) is 0.929. The van der Waals surface area contributed by atoms with E-state index in [1.54, 1.807) is 0 Å². The lowest BCUT2D eigenvalue weighted by molar-refractivity contribution is -0.140. The van der Waals surface area contributed by atoms with Crippen molar-refractivity contribution in [2.75, 3.05) is 13.1 Å². The van der Waals surface area contributed by atoms with E-state index in [1.165, 1.54) is 0 Å². The van der Waals surface area contributed by atoms with Gasteiger partial charge in [0.05, 0.1) is 6.10 Å². The van der Waals surface area contributed by atoms with Gasteiger partial charge in [0.1, 0.15) is 0 Å². The van der Waals surface area contributed by atoms with Gasteiger partial charge in [0.2, 0.25) is 5.91 Å². The molecule has 100 valence electrons. The topological polar surface area (TPSA) is 40.5 Å². The zero-order valence-electron chi connectivity index (χ0n) is 11.5. The van der Waals surface area contributed by atoms with Crippen LogP contribution in [0, 0.1) is 11.8 Å². The van der Waals surface area contributed by atoms with Gasteiger partial charge in [0.15, 0.2) is 0 Å². The van der Waals surface area contributed by atoms with Gasteiger partial charge in [0.25, 0.3) is 0 Å². The molecule has 0 radical (unpaired) electrons. The smallest absolute Gasteiger partial charge is 0.225 e. The first-order valence-electron chi connectivity index (χ1n) is 7.06. The van der Waals surface area contributed by atoms with E-state index in [0.717, 1.165) is 38.6 Å². The molecule has 3 heteroatoms. The molecule has 3 unspecified atom stereocenters. The Hall–Kier alpha value is -0.570. The molecule has 3 atom stereocenters. The SMILES string of the molecule is CCCCC(CC)C(=O)N1CCC(C)C(O)C1. The van der Waals surface area contributed by atoms with Crippen LogP contribution in [0.15, 0.2) is 0 Å². The second-order valence-electron chi connectivity index (χ2n) is 5.36. The number of carbonyl (C=O) groups is 1. The number of hydrogen-bond donors (Lipinski definition) is 1. The van der Waals surface area contributed by atoms with Crippen molar-refractivity contribution < 1.29 is 9.90 Å². The molecule has 1 aliphatic heterocycles. The number of likely N-dealkylation sites (tertiary alicyclic amines) is 1. The third-order valence-electron chi connectivity index (χ3n) is 3.98. The molecule has 1 heterocycles. The Labute approximate surface area is 105 Å². The molecule has 1 N–H and O–H groups in total. The van der Waals surface area contributed by atoms with Crippen molar-refractivity contribution in [2.45, 2.75) is 59.0 Å². The number of aliphatic hydroxyl groups is 1. The molecule has 1 amide bonds. The highest BCUT2D eigenvalue weighted by molar-refractivity contribution is 5.78. The van der Waals surface area contributed by atoms with Crippen LogP contribution in [0.25, 0.3) is 0 Å². The van der Waals surface area contributed by atoms with Crippen molar-refractivity contribution in [1.82, 2.24) is 4.90 Å². The number of hydrogen-bond acceptors (Lipinski definition) is 2. The van der Waals surface area contributed by atoms with Crippen LogP contribution in [-0.4, -0.2) is 35.1 Å². The number of carbonyl (C=O) groups excluding carboxylic acids is 1. The molecule has 0 aromatic heterocycles. The number of aliphatic hydroxyl groups excluding tert-OH is 1. The quantitative estimate of drug-likeness (QED) is 0.803. The van der Waals surface area contributed by atoms with Crippen LogP contribution in [0.5, 0.6) is 0 Å². The molecule has 1 saturated heterocycles. The zero-order chi connectivity index (χ0) is 12.8. The summed E-state index contributed by atoms with van der Waals surface area (Å²) in [7, 11) is 0. The average molecular weight is 241 g/mol. The van der Waals surface area contributed by atoms with Gasteiger partial charge in [-0.05, 0) is 25.2 Å². The van der Waals surface area contributed by atoms with Gasteiger partial charge in [-0.2, -0.15) is 0 Å². The summed E-state index contributed by atoms with van der Waals surface area (Å²) in [6, 6.07) is 0. The van der Waals surface area contributed by atoms with E-state index in [4.69, 9.17) is 0 Å². The monoisotopic (exact) mass is 241 g/mol. The Balaban J connectivity index is 2.50. The largest absolute Gasteiger partial charge is 0.391 e. The van der Waals surface area contributed by atoms with Crippen molar-refractivity contribution in [3.63, 3.8) is 0 Å². The molecule has 0 aromatic carbocycles. The minimum absolute atomic E-state index is 0.163. The lowest BCUT2D eigenvalue weighted by Gasteiger charge is -2.36. The number of nitrogens with zero attached hydrogens (tertiary/aromatic N) is 1. The summed E-state index contributed by atoms with van der Waals surface area (Å²) in [4.78, 5) is 14.2. The highest BCUT2D eigenvalue weighted by Crippen LogP contribution is 2.22. The van der Waals surface area contributed by atoms with E-state index in [9.17, 15) is 9.90 Å². The van der Waals surface area contributed by atoms with E-state index in [-0.39, 0.29) is 17.9 Å². The van der Waals surface area contributed by atoms with Gasteiger partial charge in [0, 0.05) is 19.0 Å². The molecule has 1 fully saturated rings. The fourth-order valence-electron chi connectivity index (χ4n) is 2.46. The maximum atomic E-state index is 12.3. The number of amides is 1. The minimum Gasteiger partial charge on any atom is -0.391 e. The fourth-order valence-corrected chi connectivity index (χ4v) is 2.46. The third kappa shape index (κ3) is 3.98. The second kappa shape index (κ2) is 7.00. The number of unbranched alkanes of at least 4 members (excludes halogenated alkanes) is 1. The predicted molar refractivity (Wildman–Crippen MR) is 69.7 cm³/mol. The molecule has 1 rings (SSSR count). The number of piperidine rings is 1. The lowest BCUT2D eigenvalue weighted by Crippen LogP contribution is -2.47. The molecular weight excluding hydrogens is 214 g/mol. The number of β-amino-alcohol motifs (C(OH)–C–C–N with tert-alkyl or cyclic N) is 1. The molecule has 0 spiro atoms. The summed E-state index contributed by atoms with van der Waals surface area (Å²) in [5.74, 6) is 0.747. The molecular formula is C14H27NO2. The molecule has 3 nitrogen and oxygen atoms in total. The van der Waals surface area contributed by atoms with Gasteiger partial charge >= 0.3 is 0 Å². The van der Waals surface area contributed by atoms with Crippen molar-refractivity contribution in [2.24, 2.45) is 11.8 Å². The Morgan fingerprint density at radius 1 is 1.47 bits per heavy atom. The van der Waals surface area contributed by atoms with Gasteiger partial charge in [-0.25, -0.2) is 0 Å².